The number of aromatic nitrogens is 2. The second kappa shape index (κ2) is 9.30. The van der Waals surface area contributed by atoms with Gasteiger partial charge in [-0.25, -0.2) is 4.98 Å². The zero-order valence-corrected chi connectivity index (χ0v) is 19.6. The number of fused-ring (bicyclic) bond motifs is 1. The molecule has 1 aliphatic heterocycles. The van der Waals surface area contributed by atoms with Gasteiger partial charge in [-0.05, 0) is 35.4 Å². The van der Waals surface area contributed by atoms with Gasteiger partial charge in [0.1, 0.15) is 17.3 Å². The van der Waals surface area contributed by atoms with Crippen molar-refractivity contribution in [2.45, 2.75) is 6.04 Å². The Morgan fingerprint density at radius 2 is 1.62 bits per heavy atom. The molecule has 0 aliphatic carbocycles. The first kappa shape index (κ1) is 22.1. The van der Waals surface area contributed by atoms with E-state index in [4.69, 9.17) is 11.6 Å². The quantitative estimate of drug-likeness (QED) is 0.444. The molecule has 1 atom stereocenters. The van der Waals surface area contributed by atoms with Crippen LogP contribution in [0.5, 0.6) is 0 Å². The van der Waals surface area contributed by atoms with Gasteiger partial charge >= 0.3 is 0 Å². The molecule has 1 saturated heterocycles. The van der Waals surface area contributed by atoms with Gasteiger partial charge in [0.05, 0.1) is 17.2 Å². The third kappa shape index (κ3) is 4.16. The Morgan fingerprint density at radius 3 is 2.29 bits per heavy atom. The van der Waals surface area contributed by atoms with Gasteiger partial charge in [0, 0.05) is 44.3 Å². The van der Waals surface area contributed by atoms with Crippen LogP contribution in [0.15, 0.2) is 77.6 Å². The van der Waals surface area contributed by atoms with Gasteiger partial charge in [0.25, 0.3) is 5.56 Å². The molecule has 3 heterocycles. The van der Waals surface area contributed by atoms with Crippen molar-refractivity contribution < 1.29 is 0 Å². The average Bonchev–Trinajstić information content (AvgIpc) is 2.88. The minimum absolute atomic E-state index is 0.0836. The molecule has 0 N–H and O–H groups in total. The molecule has 34 heavy (non-hydrogen) atoms. The van der Waals surface area contributed by atoms with Crippen LogP contribution in [-0.4, -0.2) is 40.6 Å². The lowest BCUT2D eigenvalue weighted by molar-refractivity contribution is 0.212. The van der Waals surface area contributed by atoms with Gasteiger partial charge in [-0.2, -0.15) is 5.26 Å². The molecular formula is C27H24ClN5O. The molecule has 0 bridgehead atoms. The van der Waals surface area contributed by atoms with Crippen molar-refractivity contribution in [3.63, 3.8) is 0 Å². The fourth-order valence-electron chi connectivity index (χ4n) is 4.73. The van der Waals surface area contributed by atoms with Crippen LogP contribution >= 0.6 is 11.6 Å². The highest BCUT2D eigenvalue weighted by Crippen LogP contribution is 2.32. The van der Waals surface area contributed by atoms with E-state index in [2.05, 4.69) is 57.3 Å². The number of halogens is 1. The predicted molar refractivity (Wildman–Crippen MR) is 135 cm³/mol. The van der Waals surface area contributed by atoms with Crippen molar-refractivity contribution in [1.82, 2.24) is 14.5 Å². The van der Waals surface area contributed by atoms with E-state index in [1.807, 2.05) is 18.2 Å². The van der Waals surface area contributed by atoms with Gasteiger partial charge in [0.2, 0.25) is 0 Å². The van der Waals surface area contributed by atoms with Crippen LogP contribution in [0, 0.1) is 11.3 Å². The highest BCUT2D eigenvalue weighted by Gasteiger charge is 2.27. The van der Waals surface area contributed by atoms with E-state index < -0.39 is 0 Å². The Hall–Kier alpha value is -3.66. The Labute approximate surface area is 203 Å². The molecule has 7 heteroatoms. The van der Waals surface area contributed by atoms with Crippen LogP contribution in [-0.2, 0) is 7.05 Å². The van der Waals surface area contributed by atoms with Crippen molar-refractivity contribution in [3.8, 4) is 6.07 Å². The lowest BCUT2D eigenvalue weighted by atomic mass is 9.96. The summed E-state index contributed by atoms with van der Waals surface area (Å²) >= 11 is 6.15. The van der Waals surface area contributed by atoms with E-state index in [0.29, 0.717) is 11.2 Å². The number of hydrogen-bond donors (Lipinski definition) is 0. The third-order valence-corrected chi connectivity index (χ3v) is 6.76. The SMILES string of the molecule is Cn1c(=O)cc(N2CCN([C@@H](c3ccccc3)c3ccc(Cl)cc3)CC2)c2nc(C#N)ccc21. The summed E-state index contributed by atoms with van der Waals surface area (Å²) in [7, 11) is 1.73. The molecule has 0 unspecified atom stereocenters. The maximum atomic E-state index is 12.6. The van der Waals surface area contributed by atoms with Crippen LogP contribution in [0.25, 0.3) is 11.0 Å². The number of anilines is 1. The molecule has 0 radical (unpaired) electrons. The fourth-order valence-corrected chi connectivity index (χ4v) is 4.86. The van der Waals surface area contributed by atoms with Crippen LogP contribution in [0.4, 0.5) is 5.69 Å². The summed E-state index contributed by atoms with van der Waals surface area (Å²) < 4.78 is 1.58. The molecule has 6 nitrogen and oxygen atoms in total. The molecule has 0 saturated carbocycles. The maximum Gasteiger partial charge on any atom is 0.252 e. The number of benzene rings is 2. The van der Waals surface area contributed by atoms with Crippen LogP contribution in [0.1, 0.15) is 22.9 Å². The summed E-state index contributed by atoms with van der Waals surface area (Å²) in [5.41, 5.74) is 4.90. The van der Waals surface area contributed by atoms with Crippen LogP contribution < -0.4 is 10.5 Å². The molecule has 0 amide bonds. The highest BCUT2D eigenvalue weighted by atomic mass is 35.5. The number of nitrogens with zero attached hydrogens (tertiary/aromatic N) is 5. The minimum Gasteiger partial charge on any atom is -0.367 e. The summed E-state index contributed by atoms with van der Waals surface area (Å²) in [6.45, 7) is 3.13. The smallest absolute Gasteiger partial charge is 0.252 e. The Morgan fingerprint density at radius 1 is 0.941 bits per heavy atom. The summed E-state index contributed by atoms with van der Waals surface area (Å²) in [5, 5.41) is 10.1. The number of aryl methyl sites for hydroxylation is 1. The van der Waals surface area contributed by atoms with Crippen molar-refractivity contribution in [3.05, 3.63) is 105 Å². The zero-order valence-electron chi connectivity index (χ0n) is 18.9. The summed E-state index contributed by atoms with van der Waals surface area (Å²) in [5.74, 6) is 0. The van der Waals surface area contributed by atoms with E-state index in [1.165, 1.54) is 11.1 Å². The average molecular weight is 470 g/mol. The lowest BCUT2D eigenvalue weighted by Crippen LogP contribution is -2.48. The third-order valence-electron chi connectivity index (χ3n) is 6.50. The van der Waals surface area contributed by atoms with E-state index >= 15 is 0 Å². The van der Waals surface area contributed by atoms with Crippen molar-refractivity contribution in [2.24, 2.45) is 7.05 Å². The fraction of sp³-hybridized carbons (Fsp3) is 0.222. The molecule has 2 aromatic carbocycles. The lowest BCUT2D eigenvalue weighted by Gasteiger charge is -2.40. The Balaban J connectivity index is 1.46. The van der Waals surface area contributed by atoms with Gasteiger partial charge in [0.15, 0.2) is 0 Å². The maximum absolute atomic E-state index is 12.6. The first-order valence-corrected chi connectivity index (χ1v) is 11.6. The van der Waals surface area contributed by atoms with Gasteiger partial charge in [-0.1, -0.05) is 54.1 Å². The van der Waals surface area contributed by atoms with E-state index in [0.717, 1.165) is 42.4 Å². The molecule has 5 rings (SSSR count). The van der Waals surface area contributed by atoms with Crippen LogP contribution in [0.2, 0.25) is 5.02 Å². The van der Waals surface area contributed by atoms with Gasteiger partial charge in [-0.3, -0.25) is 9.69 Å². The molecule has 170 valence electrons. The normalized spacial score (nSPS) is 15.3. The molecule has 1 aliphatic rings. The van der Waals surface area contributed by atoms with E-state index in [-0.39, 0.29) is 11.6 Å². The summed E-state index contributed by atoms with van der Waals surface area (Å²) in [6.07, 6.45) is 0. The number of pyridine rings is 2. The Kier molecular flexibility index (Phi) is 6.06. The largest absolute Gasteiger partial charge is 0.367 e. The molecular weight excluding hydrogens is 446 g/mol. The molecule has 0 spiro atoms. The van der Waals surface area contributed by atoms with Gasteiger partial charge in [-0.15, -0.1) is 0 Å². The second-order valence-electron chi connectivity index (χ2n) is 8.49. The highest BCUT2D eigenvalue weighted by molar-refractivity contribution is 6.30. The first-order chi connectivity index (χ1) is 16.5. The molecule has 4 aromatic rings. The zero-order chi connectivity index (χ0) is 23.7. The molecule has 1 fully saturated rings. The van der Waals surface area contributed by atoms with Crippen molar-refractivity contribution >= 4 is 28.3 Å². The van der Waals surface area contributed by atoms with Gasteiger partial charge < -0.3 is 9.47 Å². The number of nitriles is 1. The summed E-state index contributed by atoms with van der Waals surface area (Å²) in [6, 6.07) is 25.9. The second-order valence-corrected chi connectivity index (χ2v) is 8.93. The summed E-state index contributed by atoms with van der Waals surface area (Å²) in [4.78, 5) is 21.9. The number of hydrogen-bond acceptors (Lipinski definition) is 5. The Bertz CT molecular complexity index is 1420. The standard InChI is InChI=1S/C27H24ClN5O/c1-31-23-12-11-22(18-29)30-26(23)24(17-25(31)34)32-13-15-33(16-14-32)27(19-5-3-2-4-6-19)20-7-9-21(28)10-8-20/h2-12,17,27H,13-16H2,1H3/t27-/m0/s1. The topological polar surface area (TPSA) is 65.2 Å². The monoisotopic (exact) mass is 469 g/mol. The minimum atomic E-state index is -0.0836. The van der Waals surface area contributed by atoms with Crippen molar-refractivity contribution in [2.75, 3.05) is 31.1 Å². The number of piperazine rings is 1. The van der Waals surface area contributed by atoms with Crippen LogP contribution in [0.3, 0.4) is 0 Å². The number of rotatable bonds is 4. The van der Waals surface area contributed by atoms with Crippen molar-refractivity contribution in [1.29, 1.82) is 5.26 Å². The molecule has 2 aromatic heterocycles. The van der Waals surface area contributed by atoms with E-state index in [1.54, 1.807) is 29.8 Å². The first-order valence-electron chi connectivity index (χ1n) is 11.3. The van der Waals surface area contributed by atoms with E-state index in [9.17, 15) is 10.1 Å². The predicted octanol–water partition coefficient (Wildman–Crippen LogP) is 4.37.